The maximum absolute atomic E-state index is 12.6. The van der Waals surface area contributed by atoms with E-state index in [1.165, 1.54) is 385 Å². The highest BCUT2D eigenvalue weighted by Crippen LogP contribution is 2.20. The summed E-state index contributed by atoms with van der Waals surface area (Å²) in [6, 6.07) is -0.540. The van der Waals surface area contributed by atoms with Gasteiger partial charge >= 0.3 is 5.97 Å². The van der Waals surface area contributed by atoms with E-state index in [0.717, 1.165) is 44.9 Å². The van der Waals surface area contributed by atoms with Crippen LogP contribution in [0.4, 0.5) is 0 Å². The van der Waals surface area contributed by atoms with Gasteiger partial charge in [-0.1, -0.05) is 398 Å². The molecule has 0 radical (unpaired) electrons. The Bertz CT molecular complexity index is 1380. The van der Waals surface area contributed by atoms with Crippen molar-refractivity contribution in [2.24, 2.45) is 0 Å². The number of hydrogen-bond donors (Lipinski definition) is 3. The molecular weight excluding hydrogens is 1080 g/mol. The maximum Gasteiger partial charge on any atom is 0.305 e. The van der Waals surface area contributed by atoms with Gasteiger partial charge in [0.15, 0.2) is 0 Å². The van der Waals surface area contributed by atoms with Crippen molar-refractivity contribution in [3.8, 4) is 0 Å². The van der Waals surface area contributed by atoms with Gasteiger partial charge in [0.1, 0.15) is 0 Å². The summed E-state index contributed by atoms with van der Waals surface area (Å²) in [5.74, 6) is -0.0148. The molecule has 0 heterocycles. The van der Waals surface area contributed by atoms with Crippen LogP contribution in [0.5, 0.6) is 0 Å². The SMILES string of the molecule is CCCCCCC/C=C\CCCCCCCC(=O)OCCCCCCCCCCCCCC/C=C\CCCCCCCCCCCCCCCCCCCC(=O)NC(CO)C(O)CCCCCCCCCCCCCCCCCCCCCCCCCC. The monoisotopic (exact) mass is 1240 g/mol. The average Bonchev–Trinajstić information content (AvgIpc) is 3.58. The lowest BCUT2D eigenvalue weighted by molar-refractivity contribution is -0.143. The molecule has 6 nitrogen and oxygen atoms in total. The second kappa shape index (κ2) is 77.8. The Balaban J connectivity index is 3.35. The predicted molar refractivity (Wildman–Crippen MR) is 389 cm³/mol. The molecular formula is C82H159NO5. The van der Waals surface area contributed by atoms with E-state index in [9.17, 15) is 19.8 Å². The third kappa shape index (κ3) is 73.4. The van der Waals surface area contributed by atoms with Gasteiger partial charge in [-0.3, -0.25) is 9.59 Å². The molecule has 0 fully saturated rings. The van der Waals surface area contributed by atoms with Crippen LogP contribution >= 0.6 is 0 Å². The Morgan fingerprint density at radius 2 is 0.534 bits per heavy atom. The Morgan fingerprint density at radius 3 is 0.807 bits per heavy atom. The minimum atomic E-state index is -0.664. The molecule has 0 saturated carbocycles. The van der Waals surface area contributed by atoms with E-state index in [0.29, 0.717) is 25.9 Å². The first-order valence-electron chi connectivity index (χ1n) is 40.6. The fourth-order valence-corrected chi connectivity index (χ4v) is 13.0. The van der Waals surface area contributed by atoms with E-state index >= 15 is 0 Å². The van der Waals surface area contributed by atoms with Crippen LogP contribution in [0.15, 0.2) is 24.3 Å². The number of aliphatic hydroxyl groups is 2. The van der Waals surface area contributed by atoms with Crippen molar-refractivity contribution in [3.63, 3.8) is 0 Å². The highest BCUT2D eigenvalue weighted by atomic mass is 16.5. The van der Waals surface area contributed by atoms with Crippen LogP contribution in [0.25, 0.3) is 0 Å². The Labute approximate surface area is 551 Å². The number of nitrogens with one attached hydrogen (secondary N) is 1. The molecule has 6 heteroatoms. The quantitative estimate of drug-likeness (QED) is 0.0320. The average molecular weight is 1240 g/mol. The number of hydrogen-bond acceptors (Lipinski definition) is 5. The van der Waals surface area contributed by atoms with Gasteiger partial charge in [0, 0.05) is 12.8 Å². The largest absolute Gasteiger partial charge is 0.466 e. The van der Waals surface area contributed by atoms with E-state index in [-0.39, 0.29) is 18.5 Å². The Hall–Kier alpha value is -1.66. The van der Waals surface area contributed by atoms with Gasteiger partial charge in [-0.2, -0.15) is 0 Å². The fraction of sp³-hybridized carbons (Fsp3) is 0.927. The lowest BCUT2D eigenvalue weighted by Gasteiger charge is -2.22. The van der Waals surface area contributed by atoms with Gasteiger partial charge in [-0.05, 0) is 77.0 Å². The van der Waals surface area contributed by atoms with Crippen LogP contribution in [-0.2, 0) is 14.3 Å². The molecule has 0 saturated heterocycles. The van der Waals surface area contributed by atoms with Gasteiger partial charge in [0.2, 0.25) is 5.91 Å². The molecule has 1 amide bonds. The molecule has 88 heavy (non-hydrogen) atoms. The van der Waals surface area contributed by atoms with Crippen molar-refractivity contribution in [1.82, 2.24) is 5.32 Å². The molecule has 0 aliphatic rings. The van der Waals surface area contributed by atoms with Crippen molar-refractivity contribution in [2.75, 3.05) is 13.2 Å². The molecule has 0 rings (SSSR count). The summed E-state index contributed by atoms with van der Waals surface area (Å²) in [7, 11) is 0. The minimum absolute atomic E-state index is 0.0111. The minimum Gasteiger partial charge on any atom is -0.466 e. The second-order valence-electron chi connectivity index (χ2n) is 28.1. The van der Waals surface area contributed by atoms with Gasteiger partial charge in [-0.15, -0.1) is 0 Å². The molecule has 3 N–H and O–H groups in total. The first kappa shape index (κ1) is 86.3. The molecule has 522 valence electrons. The maximum atomic E-state index is 12.6. The second-order valence-corrected chi connectivity index (χ2v) is 28.1. The summed E-state index contributed by atoms with van der Waals surface area (Å²) in [5.41, 5.74) is 0. The van der Waals surface area contributed by atoms with E-state index in [4.69, 9.17) is 4.74 Å². The van der Waals surface area contributed by atoms with Crippen LogP contribution < -0.4 is 5.32 Å². The van der Waals surface area contributed by atoms with E-state index in [1.807, 2.05) is 0 Å². The summed E-state index contributed by atoms with van der Waals surface area (Å²) in [5, 5.41) is 23.5. The summed E-state index contributed by atoms with van der Waals surface area (Å²) in [6.07, 6.45) is 99.9. The number of rotatable bonds is 77. The zero-order valence-corrected chi connectivity index (χ0v) is 60.0. The van der Waals surface area contributed by atoms with E-state index < -0.39 is 12.1 Å². The van der Waals surface area contributed by atoms with Crippen molar-refractivity contribution >= 4 is 11.9 Å². The number of allylic oxidation sites excluding steroid dienone is 4. The summed E-state index contributed by atoms with van der Waals surface area (Å²) in [4.78, 5) is 24.6. The zero-order chi connectivity index (χ0) is 63.5. The number of unbranched alkanes of at least 4 members (excludes halogenated alkanes) is 62. The molecule has 0 aliphatic carbocycles. The van der Waals surface area contributed by atoms with Gasteiger partial charge < -0.3 is 20.3 Å². The third-order valence-corrected chi connectivity index (χ3v) is 19.2. The molecule has 2 atom stereocenters. The van der Waals surface area contributed by atoms with Crippen LogP contribution in [0, 0.1) is 0 Å². The number of amides is 1. The first-order valence-corrected chi connectivity index (χ1v) is 40.6. The number of aliphatic hydroxyl groups excluding tert-OH is 2. The molecule has 2 unspecified atom stereocenters. The van der Waals surface area contributed by atoms with Gasteiger partial charge in [0.05, 0.1) is 25.4 Å². The van der Waals surface area contributed by atoms with Crippen LogP contribution in [0.1, 0.15) is 463 Å². The summed E-state index contributed by atoms with van der Waals surface area (Å²) >= 11 is 0. The number of carbonyl (C=O) groups is 2. The Kier molecular flexibility index (Phi) is 76.3. The summed E-state index contributed by atoms with van der Waals surface area (Å²) in [6.45, 7) is 4.99. The third-order valence-electron chi connectivity index (χ3n) is 19.2. The highest BCUT2D eigenvalue weighted by molar-refractivity contribution is 5.76. The van der Waals surface area contributed by atoms with Crippen LogP contribution in [0.2, 0.25) is 0 Å². The van der Waals surface area contributed by atoms with E-state index in [2.05, 4.69) is 43.5 Å². The Morgan fingerprint density at radius 1 is 0.307 bits per heavy atom. The van der Waals surface area contributed by atoms with Gasteiger partial charge in [-0.25, -0.2) is 0 Å². The smallest absolute Gasteiger partial charge is 0.305 e. The lowest BCUT2D eigenvalue weighted by atomic mass is 10.0. The standard InChI is InChI=1S/C82H159NO5/c1-3-5-7-9-11-13-15-17-19-20-21-22-23-35-38-41-44-47-50-54-58-62-66-70-74-80(85)79(78-84)83-81(86)75-71-67-63-59-55-51-48-45-42-39-36-33-31-29-27-25-24-26-28-30-32-34-37-40-43-46-49-53-57-61-65-69-73-77-88-82(87)76-72-68-64-60-56-52-18-16-14-12-10-8-6-4-2/h16,18,28,30,79-80,84-85H,3-15,17,19-27,29,31-78H2,1-2H3,(H,83,86)/b18-16-,30-28-. The van der Waals surface area contributed by atoms with Crippen molar-refractivity contribution in [2.45, 2.75) is 475 Å². The van der Waals surface area contributed by atoms with Crippen molar-refractivity contribution < 1.29 is 24.5 Å². The normalized spacial score (nSPS) is 12.5. The van der Waals surface area contributed by atoms with Crippen LogP contribution in [0.3, 0.4) is 0 Å². The van der Waals surface area contributed by atoms with Crippen molar-refractivity contribution in [1.29, 1.82) is 0 Å². The van der Waals surface area contributed by atoms with E-state index in [1.54, 1.807) is 0 Å². The molecule has 0 spiro atoms. The predicted octanol–water partition coefficient (Wildman–Crippen LogP) is 26.8. The number of ether oxygens (including phenoxy) is 1. The number of carbonyl (C=O) groups excluding carboxylic acids is 2. The highest BCUT2D eigenvalue weighted by Gasteiger charge is 2.20. The lowest BCUT2D eigenvalue weighted by Crippen LogP contribution is -2.45. The molecule has 0 aliphatic heterocycles. The van der Waals surface area contributed by atoms with Gasteiger partial charge in [0.25, 0.3) is 0 Å². The molecule has 0 aromatic heterocycles. The van der Waals surface area contributed by atoms with Crippen LogP contribution in [-0.4, -0.2) is 47.4 Å². The zero-order valence-electron chi connectivity index (χ0n) is 60.0. The molecule has 0 aromatic carbocycles. The van der Waals surface area contributed by atoms with Crippen molar-refractivity contribution in [3.05, 3.63) is 24.3 Å². The molecule has 0 bridgehead atoms. The first-order chi connectivity index (χ1) is 43.5. The fourth-order valence-electron chi connectivity index (χ4n) is 13.0. The topological polar surface area (TPSA) is 95.9 Å². The molecule has 0 aromatic rings. The number of esters is 1. The summed E-state index contributed by atoms with van der Waals surface area (Å²) < 4.78 is 5.49.